The van der Waals surface area contributed by atoms with Crippen LogP contribution in [0.15, 0.2) is 36.5 Å². The van der Waals surface area contributed by atoms with Crippen molar-refractivity contribution in [3.63, 3.8) is 0 Å². The number of nitrogens with zero attached hydrogens (tertiary/aromatic N) is 1. The van der Waals surface area contributed by atoms with E-state index in [1.165, 1.54) is 0 Å². The van der Waals surface area contributed by atoms with Crippen LogP contribution in [0.4, 0.5) is 0 Å². The van der Waals surface area contributed by atoms with E-state index in [0.29, 0.717) is 5.52 Å². The molecule has 6 nitrogen and oxygen atoms in total. The number of para-hydroxylation sites is 1. The Hall–Kier alpha value is -0.994. The van der Waals surface area contributed by atoms with Gasteiger partial charge in [0.2, 0.25) is 0 Å². The van der Waals surface area contributed by atoms with Crippen LogP contribution in [0.5, 0.6) is 5.75 Å². The van der Waals surface area contributed by atoms with Crippen LogP contribution in [-0.2, 0) is 17.1 Å². The summed E-state index contributed by atoms with van der Waals surface area (Å²) in [4.78, 5) is 38.3. The SMILES string of the molecule is Oc1cccc2cccnc12.[Cu+4].[O-][Si]([O-])([O-])[O-]. The molecule has 1 radical (unpaired) electrons. The summed E-state index contributed by atoms with van der Waals surface area (Å²) >= 11 is 0. The van der Waals surface area contributed by atoms with Gasteiger partial charge in [-0.1, -0.05) is 18.2 Å². The molecule has 0 aliphatic carbocycles. The number of hydrogen-bond donors (Lipinski definition) is 1. The minimum Gasteiger partial charge on any atom is -0.894 e. The molecule has 0 unspecified atom stereocenters. The number of hydrogen-bond acceptors (Lipinski definition) is 6. The van der Waals surface area contributed by atoms with Crippen LogP contribution in [0.3, 0.4) is 0 Å². The van der Waals surface area contributed by atoms with Crippen molar-refractivity contribution in [3.8, 4) is 5.75 Å². The fourth-order valence-corrected chi connectivity index (χ4v) is 1.09. The Morgan fingerprint density at radius 2 is 1.53 bits per heavy atom. The van der Waals surface area contributed by atoms with E-state index in [4.69, 9.17) is 19.2 Å². The summed E-state index contributed by atoms with van der Waals surface area (Å²) in [6.45, 7) is 0. The van der Waals surface area contributed by atoms with Crippen molar-refractivity contribution in [2.24, 2.45) is 0 Å². The minimum atomic E-state index is -5.61. The van der Waals surface area contributed by atoms with Gasteiger partial charge in [-0.2, -0.15) is 0 Å². The first-order valence-corrected chi connectivity index (χ1v) is 5.85. The van der Waals surface area contributed by atoms with Gasteiger partial charge in [0.15, 0.2) is 0 Å². The van der Waals surface area contributed by atoms with E-state index in [2.05, 4.69) is 4.98 Å². The molecule has 0 fully saturated rings. The van der Waals surface area contributed by atoms with E-state index < -0.39 is 9.05 Å². The molecule has 1 N–H and O–H groups in total. The van der Waals surface area contributed by atoms with Crippen LogP contribution in [0.25, 0.3) is 10.9 Å². The summed E-state index contributed by atoms with van der Waals surface area (Å²) in [5.41, 5.74) is 0.662. The smallest absolute Gasteiger partial charge is 0.894 e. The van der Waals surface area contributed by atoms with Gasteiger partial charge in [0, 0.05) is 11.6 Å². The summed E-state index contributed by atoms with van der Waals surface area (Å²) in [6.07, 6.45) is 1.67. The number of rotatable bonds is 0. The molecule has 0 atom stereocenters. The Bertz CT molecular complexity index is 465. The van der Waals surface area contributed by atoms with Gasteiger partial charge in [-0.15, -0.1) is 0 Å². The van der Waals surface area contributed by atoms with Gasteiger partial charge in [0.25, 0.3) is 0 Å². The van der Waals surface area contributed by atoms with Crippen LogP contribution in [0, 0.1) is 0 Å². The third kappa shape index (κ3) is 6.34. The largest absolute Gasteiger partial charge is 4.00 e. The number of phenols is 1. The number of aromatic hydroxyl groups is 1. The van der Waals surface area contributed by atoms with E-state index in [1.54, 1.807) is 18.3 Å². The fourth-order valence-electron chi connectivity index (χ4n) is 1.09. The average Bonchev–Trinajstić information content (AvgIpc) is 2.16. The number of phenolic OH excluding ortho intramolecular Hbond substituents is 1. The first kappa shape index (κ1) is 16.0. The van der Waals surface area contributed by atoms with Crippen molar-refractivity contribution in [1.82, 2.24) is 4.98 Å². The third-order valence-corrected chi connectivity index (χ3v) is 1.61. The van der Waals surface area contributed by atoms with Crippen molar-refractivity contribution in [2.45, 2.75) is 0 Å². The molecule has 0 aliphatic rings. The maximum absolute atomic E-state index is 9.31. The van der Waals surface area contributed by atoms with Crippen LogP contribution in [-0.4, -0.2) is 19.1 Å². The van der Waals surface area contributed by atoms with Crippen molar-refractivity contribution in [1.29, 1.82) is 0 Å². The van der Waals surface area contributed by atoms with Gasteiger partial charge >= 0.3 is 17.1 Å². The van der Waals surface area contributed by atoms with Crippen LogP contribution in [0.1, 0.15) is 0 Å². The second-order valence-electron chi connectivity index (χ2n) is 2.85. The van der Waals surface area contributed by atoms with Gasteiger partial charge in [0.05, 0.1) is 0 Å². The zero-order valence-electron chi connectivity index (χ0n) is 8.29. The zero-order chi connectivity index (χ0) is 12.2. The van der Waals surface area contributed by atoms with Crippen LogP contribution < -0.4 is 19.2 Å². The van der Waals surface area contributed by atoms with Crippen molar-refractivity contribution in [2.75, 3.05) is 0 Å². The molecule has 1 aromatic heterocycles. The maximum atomic E-state index is 9.31. The minimum absolute atomic E-state index is 0. The molecule has 1 aromatic carbocycles. The Morgan fingerprint density at radius 1 is 1.00 bits per heavy atom. The second-order valence-corrected chi connectivity index (χ2v) is 3.85. The first-order chi connectivity index (χ1) is 7.38. The molecule has 0 spiro atoms. The summed E-state index contributed by atoms with van der Waals surface area (Å²) in [5, 5.41) is 10.3. The number of pyridine rings is 1. The number of benzene rings is 1. The molecular formula is C9H7CuNO5Si. The monoisotopic (exact) mass is 300 g/mol. The summed E-state index contributed by atoms with van der Waals surface area (Å²) in [6, 6.07) is 9.13. The summed E-state index contributed by atoms with van der Waals surface area (Å²) in [7, 11) is -5.61. The van der Waals surface area contributed by atoms with Crippen LogP contribution >= 0.6 is 0 Å². The number of aromatic nitrogens is 1. The Labute approximate surface area is 109 Å². The predicted octanol–water partition coefficient (Wildman–Crippen LogP) is -3.20. The van der Waals surface area contributed by atoms with E-state index in [9.17, 15) is 5.11 Å². The van der Waals surface area contributed by atoms with E-state index in [-0.39, 0.29) is 22.8 Å². The molecule has 2 aromatic rings. The van der Waals surface area contributed by atoms with Gasteiger partial charge < -0.3 is 33.3 Å². The quantitative estimate of drug-likeness (QED) is 0.511. The molecule has 0 bridgehead atoms. The Kier molecular flexibility index (Phi) is 6.28. The maximum Gasteiger partial charge on any atom is 4.00 e. The van der Waals surface area contributed by atoms with Crippen LogP contribution in [0.2, 0.25) is 0 Å². The summed E-state index contributed by atoms with van der Waals surface area (Å²) in [5.74, 6) is 0.239. The molecule has 0 aliphatic heterocycles. The molecule has 0 saturated carbocycles. The molecular weight excluding hydrogens is 294 g/mol. The normalized spacial score (nSPS) is 10.1. The second kappa shape index (κ2) is 6.67. The van der Waals surface area contributed by atoms with Crippen molar-refractivity contribution >= 4 is 20.0 Å². The van der Waals surface area contributed by atoms with Crippen molar-refractivity contribution in [3.05, 3.63) is 36.5 Å². The number of fused-ring (bicyclic) bond motifs is 1. The third-order valence-electron chi connectivity index (χ3n) is 1.61. The average molecular weight is 301 g/mol. The molecule has 0 saturated heterocycles. The van der Waals surface area contributed by atoms with E-state index >= 15 is 0 Å². The molecule has 8 heteroatoms. The topological polar surface area (TPSA) is 125 Å². The Morgan fingerprint density at radius 3 is 2.06 bits per heavy atom. The van der Waals surface area contributed by atoms with Crippen molar-refractivity contribution < 1.29 is 41.4 Å². The standard InChI is InChI=1S/C9H7NO.Cu.O4Si/c11-8-5-1-3-7-4-2-6-10-9(7)8;;1-5(2,3)4/h1-6,11H;;/q;+4;-4. The summed E-state index contributed by atoms with van der Waals surface area (Å²) < 4.78 is 0. The van der Waals surface area contributed by atoms with E-state index in [0.717, 1.165) is 5.39 Å². The molecule has 2 rings (SSSR count). The molecule has 17 heavy (non-hydrogen) atoms. The van der Waals surface area contributed by atoms with E-state index in [1.807, 2.05) is 18.2 Å². The predicted molar refractivity (Wildman–Crippen MR) is 49.2 cm³/mol. The fraction of sp³-hybridized carbons (Fsp3) is 0. The molecule has 93 valence electrons. The van der Waals surface area contributed by atoms with Gasteiger partial charge in [-0.3, -0.25) is 4.98 Å². The molecule has 1 heterocycles. The Balaban J connectivity index is 0.000000373. The molecule has 0 amide bonds. The van der Waals surface area contributed by atoms with Gasteiger partial charge in [-0.05, 0) is 12.1 Å². The van der Waals surface area contributed by atoms with Gasteiger partial charge in [0.1, 0.15) is 11.3 Å². The van der Waals surface area contributed by atoms with Gasteiger partial charge in [-0.25, -0.2) is 0 Å². The zero-order valence-corrected chi connectivity index (χ0v) is 10.2. The first-order valence-electron chi connectivity index (χ1n) is 4.22.